The van der Waals surface area contributed by atoms with Crippen LogP contribution in [0.3, 0.4) is 0 Å². The number of carbonyl (C=O) groups excluding carboxylic acids is 2. The van der Waals surface area contributed by atoms with E-state index in [0.717, 1.165) is 17.5 Å². The highest BCUT2D eigenvalue weighted by molar-refractivity contribution is 5.88. The van der Waals surface area contributed by atoms with E-state index in [-0.39, 0.29) is 36.6 Å². The molecule has 4 nitrogen and oxygen atoms in total. The van der Waals surface area contributed by atoms with Gasteiger partial charge in [-0.2, -0.15) is 0 Å². The molecule has 0 aliphatic rings. The molecule has 2 amide bonds. The second-order valence-electron chi connectivity index (χ2n) is 7.27. The van der Waals surface area contributed by atoms with Crippen molar-refractivity contribution in [3.8, 4) is 0 Å². The second-order valence-corrected chi connectivity index (χ2v) is 7.27. The molecule has 0 heterocycles. The summed E-state index contributed by atoms with van der Waals surface area (Å²) in [6.07, 6.45) is 0.957. The minimum absolute atomic E-state index is 0.0115. The van der Waals surface area contributed by atoms with Gasteiger partial charge in [-0.1, -0.05) is 55.0 Å². The molecule has 28 heavy (non-hydrogen) atoms. The summed E-state index contributed by atoms with van der Waals surface area (Å²) in [5.74, 6) is -0.827. The minimum atomic E-state index is -0.702. The molecule has 1 N–H and O–H groups in total. The largest absolute Gasteiger partial charge is 0.352 e. The molecule has 0 saturated carbocycles. The quantitative estimate of drug-likeness (QED) is 0.748. The van der Waals surface area contributed by atoms with Gasteiger partial charge in [0.1, 0.15) is 11.9 Å². The molecule has 0 spiro atoms. The molecule has 2 rings (SSSR count). The fourth-order valence-corrected chi connectivity index (χ4v) is 2.84. The monoisotopic (exact) mass is 384 g/mol. The molecule has 0 bridgehead atoms. The predicted molar refractivity (Wildman–Crippen MR) is 109 cm³/mol. The van der Waals surface area contributed by atoms with Crippen LogP contribution in [0.4, 0.5) is 4.39 Å². The van der Waals surface area contributed by atoms with Gasteiger partial charge in [0.05, 0.1) is 6.42 Å². The zero-order chi connectivity index (χ0) is 20.7. The van der Waals surface area contributed by atoms with Crippen molar-refractivity contribution < 1.29 is 14.0 Å². The van der Waals surface area contributed by atoms with Crippen LogP contribution in [-0.4, -0.2) is 28.8 Å². The summed E-state index contributed by atoms with van der Waals surface area (Å²) in [7, 11) is 0. The van der Waals surface area contributed by atoms with Crippen LogP contribution in [0.25, 0.3) is 0 Å². The van der Waals surface area contributed by atoms with Gasteiger partial charge >= 0.3 is 0 Å². The van der Waals surface area contributed by atoms with E-state index < -0.39 is 6.04 Å². The van der Waals surface area contributed by atoms with Crippen LogP contribution in [0.2, 0.25) is 0 Å². The number of nitrogens with zero attached hydrogens (tertiary/aromatic N) is 1. The van der Waals surface area contributed by atoms with E-state index in [1.807, 2.05) is 45.0 Å². The molecular weight excluding hydrogens is 355 g/mol. The van der Waals surface area contributed by atoms with E-state index in [1.165, 1.54) is 11.0 Å². The number of rotatable bonds is 8. The zero-order valence-electron chi connectivity index (χ0n) is 17.0. The van der Waals surface area contributed by atoms with Crippen molar-refractivity contribution in [2.75, 3.05) is 0 Å². The smallest absolute Gasteiger partial charge is 0.242 e. The Morgan fingerprint density at radius 2 is 1.71 bits per heavy atom. The number of hydrogen-bond donors (Lipinski definition) is 1. The summed E-state index contributed by atoms with van der Waals surface area (Å²) < 4.78 is 14.2. The molecule has 0 aliphatic carbocycles. The van der Waals surface area contributed by atoms with E-state index in [0.29, 0.717) is 5.56 Å². The Labute approximate surface area is 166 Å². The van der Waals surface area contributed by atoms with Crippen molar-refractivity contribution in [2.24, 2.45) is 0 Å². The van der Waals surface area contributed by atoms with Crippen molar-refractivity contribution >= 4 is 11.8 Å². The van der Waals surface area contributed by atoms with Crippen LogP contribution in [0, 0.1) is 12.7 Å². The van der Waals surface area contributed by atoms with Gasteiger partial charge in [0, 0.05) is 18.2 Å². The highest BCUT2D eigenvalue weighted by Gasteiger charge is 2.27. The van der Waals surface area contributed by atoms with Crippen LogP contribution in [0.15, 0.2) is 48.5 Å². The molecule has 5 heteroatoms. The molecule has 0 radical (unpaired) electrons. The normalized spacial score (nSPS) is 12.9. The maximum atomic E-state index is 14.2. The number of halogens is 1. The van der Waals surface area contributed by atoms with E-state index >= 15 is 0 Å². The number of nitrogens with one attached hydrogen (secondary N) is 1. The number of hydrogen-bond acceptors (Lipinski definition) is 2. The number of carbonyl (C=O) groups is 2. The first kappa shape index (κ1) is 21.6. The summed E-state index contributed by atoms with van der Waals surface area (Å²) in [4.78, 5) is 27.1. The fourth-order valence-electron chi connectivity index (χ4n) is 2.84. The Balaban J connectivity index is 2.23. The molecule has 0 fully saturated rings. The molecule has 0 aromatic heterocycles. The second kappa shape index (κ2) is 10.0. The Morgan fingerprint density at radius 3 is 2.32 bits per heavy atom. The van der Waals surface area contributed by atoms with E-state index in [4.69, 9.17) is 0 Å². The molecule has 0 saturated heterocycles. The van der Waals surface area contributed by atoms with Crippen LogP contribution >= 0.6 is 0 Å². The van der Waals surface area contributed by atoms with Gasteiger partial charge in [0.2, 0.25) is 11.8 Å². The fraction of sp³-hybridized carbons (Fsp3) is 0.391. The summed E-state index contributed by atoms with van der Waals surface area (Å²) >= 11 is 0. The maximum absolute atomic E-state index is 14.2. The van der Waals surface area contributed by atoms with Crippen molar-refractivity contribution in [3.63, 3.8) is 0 Å². The van der Waals surface area contributed by atoms with Crippen LogP contribution in [-0.2, 0) is 22.6 Å². The molecule has 2 atom stereocenters. The summed E-state index contributed by atoms with van der Waals surface area (Å²) in [6.45, 7) is 7.62. The van der Waals surface area contributed by atoms with Crippen molar-refractivity contribution in [1.82, 2.24) is 10.2 Å². The van der Waals surface area contributed by atoms with E-state index in [2.05, 4.69) is 5.32 Å². The van der Waals surface area contributed by atoms with Gasteiger partial charge in [-0.05, 0) is 38.8 Å². The zero-order valence-corrected chi connectivity index (χ0v) is 17.0. The lowest BCUT2D eigenvalue weighted by Crippen LogP contribution is -2.50. The SMILES string of the molecule is CC[C@@H](C)NC(=O)[C@H](C)N(Cc1ccccc1F)C(=O)Cc1ccc(C)cc1. The van der Waals surface area contributed by atoms with Gasteiger partial charge in [0.25, 0.3) is 0 Å². The third-order valence-electron chi connectivity index (χ3n) is 4.94. The number of aryl methyl sites for hydroxylation is 1. The topological polar surface area (TPSA) is 49.4 Å². The van der Waals surface area contributed by atoms with Crippen LogP contribution < -0.4 is 5.32 Å². The average molecular weight is 384 g/mol. The van der Waals surface area contributed by atoms with E-state index in [9.17, 15) is 14.0 Å². The highest BCUT2D eigenvalue weighted by atomic mass is 19.1. The van der Waals surface area contributed by atoms with Crippen LogP contribution in [0.1, 0.15) is 43.9 Å². The molecule has 2 aromatic rings. The van der Waals surface area contributed by atoms with Crippen molar-refractivity contribution in [1.29, 1.82) is 0 Å². The van der Waals surface area contributed by atoms with Crippen molar-refractivity contribution in [2.45, 2.75) is 59.2 Å². The van der Waals surface area contributed by atoms with Gasteiger partial charge in [-0.15, -0.1) is 0 Å². The van der Waals surface area contributed by atoms with Crippen LogP contribution in [0.5, 0.6) is 0 Å². The first-order chi connectivity index (χ1) is 13.3. The molecule has 2 aromatic carbocycles. The van der Waals surface area contributed by atoms with Gasteiger partial charge < -0.3 is 10.2 Å². The standard InChI is InChI=1S/C23H29FN2O2/c1-5-17(3)25-23(28)18(4)26(15-20-8-6-7-9-21(20)24)22(27)14-19-12-10-16(2)11-13-19/h6-13,17-18H,5,14-15H2,1-4H3,(H,25,28)/t17-,18+/m1/s1. The first-order valence-corrected chi connectivity index (χ1v) is 9.70. The molecule has 0 unspecified atom stereocenters. The minimum Gasteiger partial charge on any atom is -0.352 e. The summed E-state index contributed by atoms with van der Waals surface area (Å²) in [5, 5.41) is 2.91. The van der Waals surface area contributed by atoms with Gasteiger partial charge in [-0.3, -0.25) is 9.59 Å². The lowest BCUT2D eigenvalue weighted by Gasteiger charge is -2.30. The number of amides is 2. The lowest BCUT2D eigenvalue weighted by atomic mass is 10.1. The first-order valence-electron chi connectivity index (χ1n) is 9.70. The maximum Gasteiger partial charge on any atom is 0.242 e. The summed E-state index contributed by atoms with van der Waals surface area (Å²) in [6, 6.07) is 13.3. The van der Waals surface area contributed by atoms with Gasteiger partial charge in [0.15, 0.2) is 0 Å². The third-order valence-corrected chi connectivity index (χ3v) is 4.94. The summed E-state index contributed by atoms with van der Waals surface area (Å²) in [5.41, 5.74) is 2.37. The molecular formula is C23H29FN2O2. The Kier molecular flexibility index (Phi) is 7.73. The lowest BCUT2D eigenvalue weighted by molar-refractivity contribution is -0.140. The highest BCUT2D eigenvalue weighted by Crippen LogP contribution is 2.15. The Bertz CT molecular complexity index is 805. The molecule has 0 aliphatic heterocycles. The average Bonchev–Trinajstić information content (AvgIpc) is 2.68. The van der Waals surface area contributed by atoms with Crippen molar-refractivity contribution in [3.05, 3.63) is 71.0 Å². The van der Waals surface area contributed by atoms with Gasteiger partial charge in [-0.25, -0.2) is 4.39 Å². The number of benzene rings is 2. The predicted octanol–water partition coefficient (Wildman–Crippen LogP) is 4.01. The third kappa shape index (κ3) is 5.91. The molecule has 150 valence electrons. The van der Waals surface area contributed by atoms with E-state index in [1.54, 1.807) is 25.1 Å². The Hall–Kier alpha value is -2.69. The Morgan fingerprint density at radius 1 is 1.07 bits per heavy atom.